The van der Waals surface area contributed by atoms with Crippen molar-refractivity contribution in [3.05, 3.63) is 0 Å². The van der Waals surface area contributed by atoms with E-state index < -0.39 is 0 Å². The summed E-state index contributed by atoms with van der Waals surface area (Å²) in [6.07, 6.45) is 8.80. The topological polar surface area (TPSA) is 49.4 Å². The smallest absolute Gasteiger partial charge is 0.227 e. The molecule has 0 aromatic heterocycles. The summed E-state index contributed by atoms with van der Waals surface area (Å²) in [6, 6.07) is 0.493. The van der Waals surface area contributed by atoms with Crippen LogP contribution in [0, 0.1) is 11.8 Å². The molecule has 2 aliphatic heterocycles. The molecule has 2 amide bonds. The maximum atomic E-state index is 12.7. The zero-order valence-electron chi connectivity index (χ0n) is 11.6. The Morgan fingerprint density at radius 2 is 1.89 bits per heavy atom. The molecule has 2 heterocycles. The van der Waals surface area contributed by atoms with Crippen LogP contribution in [-0.2, 0) is 9.59 Å². The number of fused-ring (bicyclic) bond motifs is 1. The predicted molar refractivity (Wildman–Crippen MR) is 72.4 cm³/mol. The first-order valence-corrected chi connectivity index (χ1v) is 7.83. The van der Waals surface area contributed by atoms with Crippen LogP contribution in [0.1, 0.15) is 51.4 Å². The van der Waals surface area contributed by atoms with Gasteiger partial charge < -0.3 is 10.2 Å². The van der Waals surface area contributed by atoms with Crippen molar-refractivity contribution in [3.8, 4) is 0 Å². The van der Waals surface area contributed by atoms with E-state index in [1.54, 1.807) is 0 Å². The highest BCUT2D eigenvalue weighted by atomic mass is 16.2. The normalized spacial score (nSPS) is 35.5. The number of nitrogens with one attached hydrogen (secondary N) is 1. The van der Waals surface area contributed by atoms with E-state index in [0.717, 1.165) is 25.3 Å². The lowest BCUT2D eigenvalue weighted by Crippen LogP contribution is -2.53. The summed E-state index contributed by atoms with van der Waals surface area (Å²) in [6.45, 7) is 1.48. The minimum Gasteiger partial charge on any atom is -0.355 e. The van der Waals surface area contributed by atoms with Gasteiger partial charge in [-0.2, -0.15) is 0 Å². The van der Waals surface area contributed by atoms with E-state index in [-0.39, 0.29) is 11.8 Å². The molecule has 4 nitrogen and oxygen atoms in total. The fourth-order valence-corrected chi connectivity index (χ4v) is 4.08. The lowest BCUT2D eigenvalue weighted by molar-refractivity contribution is -0.143. The van der Waals surface area contributed by atoms with Gasteiger partial charge in [0.1, 0.15) is 0 Å². The Morgan fingerprint density at radius 3 is 2.68 bits per heavy atom. The molecule has 1 aliphatic carbocycles. The zero-order chi connectivity index (χ0) is 13.2. The van der Waals surface area contributed by atoms with Gasteiger partial charge in [-0.3, -0.25) is 9.59 Å². The van der Waals surface area contributed by atoms with Crippen LogP contribution in [0.25, 0.3) is 0 Å². The Morgan fingerprint density at radius 1 is 1.11 bits per heavy atom. The third kappa shape index (κ3) is 2.63. The number of carbonyl (C=O) groups is 2. The maximum Gasteiger partial charge on any atom is 0.227 e. The number of nitrogens with zero attached hydrogens (tertiary/aromatic N) is 1. The minimum absolute atomic E-state index is 0.0263. The zero-order valence-corrected chi connectivity index (χ0v) is 11.6. The van der Waals surface area contributed by atoms with E-state index in [1.165, 1.54) is 32.1 Å². The highest BCUT2D eigenvalue weighted by Gasteiger charge is 2.38. The highest BCUT2D eigenvalue weighted by Crippen LogP contribution is 2.36. The number of hydrogen-bond donors (Lipinski definition) is 1. The van der Waals surface area contributed by atoms with Gasteiger partial charge in [0.2, 0.25) is 11.8 Å². The van der Waals surface area contributed by atoms with Crippen LogP contribution < -0.4 is 5.32 Å². The SMILES string of the molecule is O=C1CCC(C(=O)N2CCC[C@H]3CCCC[C@H]32)CN1. The molecule has 4 heteroatoms. The quantitative estimate of drug-likeness (QED) is 0.783. The number of carbonyl (C=O) groups excluding carboxylic acids is 2. The minimum atomic E-state index is 0.0263. The lowest BCUT2D eigenvalue weighted by atomic mass is 9.77. The number of likely N-dealkylation sites (tertiary alicyclic amines) is 1. The van der Waals surface area contributed by atoms with E-state index in [9.17, 15) is 9.59 Å². The molecule has 1 N–H and O–H groups in total. The van der Waals surface area contributed by atoms with Gasteiger partial charge in [-0.15, -0.1) is 0 Å². The van der Waals surface area contributed by atoms with Crippen LogP contribution in [-0.4, -0.2) is 35.8 Å². The number of amides is 2. The van der Waals surface area contributed by atoms with Crippen molar-refractivity contribution in [3.63, 3.8) is 0 Å². The van der Waals surface area contributed by atoms with Crippen molar-refractivity contribution in [2.24, 2.45) is 11.8 Å². The predicted octanol–water partition coefficient (Wildman–Crippen LogP) is 1.69. The number of piperidine rings is 2. The summed E-state index contributed by atoms with van der Waals surface area (Å²) in [5.41, 5.74) is 0. The molecule has 0 bridgehead atoms. The first-order valence-electron chi connectivity index (χ1n) is 7.83. The summed E-state index contributed by atoms with van der Waals surface area (Å²) in [5.74, 6) is 1.16. The monoisotopic (exact) mass is 264 g/mol. The Balaban J connectivity index is 1.66. The average Bonchev–Trinajstić information content (AvgIpc) is 2.47. The number of rotatable bonds is 1. The molecule has 1 saturated carbocycles. The van der Waals surface area contributed by atoms with Gasteiger partial charge in [0.15, 0.2) is 0 Å². The maximum absolute atomic E-state index is 12.7. The molecule has 3 rings (SSSR count). The Bertz CT molecular complexity index is 357. The first-order chi connectivity index (χ1) is 9.25. The molecule has 19 heavy (non-hydrogen) atoms. The summed E-state index contributed by atoms with van der Waals surface area (Å²) < 4.78 is 0. The van der Waals surface area contributed by atoms with Gasteiger partial charge in [-0.25, -0.2) is 0 Å². The summed E-state index contributed by atoms with van der Waals surface area (Å²) in [4.78, 5) is 26.1. The van der Waals surface area contributed by atoms with Crippen molar-refractivity contribution in [1.82, 2.24) is 10.2 Å². The van der Waals surface area contributed by atoms with E-state index in [4.69, 9.17) is 0 Å². The molecule has 0 aromatic carbocycles. The van der Waals surface area contributed by atoms with Crippen molar-refractivity contribution >= 4 is 11.8 Å². The Kier molecular flexibility index (Phi) is 3.76. The highest BCUT2D eigenvalue weighted by molar-refractivity contribution is 5.84. The molecule has 106 valence electrons. The first kappa shape index (κ1) is 12.9. The number of hydrogen-bond acceptors (Lipinski definition) is 2. The molecule has 0 aromatic rings. The third-order valence-corrected chi connectivity index (χ3v) is 5.14. The van der Waals surface area contributed by atoms with Crippen molar-refractivity contribution in [2.45, 2.75) is 57.4 Å². The van der Waals surface area contributed by atoms with Crippen molar-refractivity contribution in [1.29, 1.82) is 0 Å². The van der Waals surface area contributed by atoms with Crippen LogP contribution in [0.2, 0.25) is 0 Å². The fraction of sp³-hybridized carbons (Fsp3) is 0.867. The molecule has 2 saturated heterocycles. The molecule has 0 spiro atoms. The Labute approximate surface area is 114 Å². The van der Waals surface area contributed by atoms with Gasteiger partial charge >= 0.3 is 0 Å². The van der Waals surface area contributed by atoms with Crippen molar-refractivity contribution < 1.29 is 9.59 Å². The van der Waals surface area contributed by atoms with Crippen molar-refractivity contribution in [2.75, 3.05) is 13.1 Å². The largest absolute Gasteiger partial charge is 0.355 e. The fourth-order valence-electron chi connectivity index (χ4n) is 4.08. The van der Waals surface area contributed by atoms with Crippen LogP contribution in [0.4, 0.5) is 0 Å². The standard InChI is InChI=1S/C15H24N2O2/c18-14-8-7-12(10-16-14)15(19)17-9-3-5-11-4-1-2-6-13(11)17/h11-13H,1-10H2,(H,16,18)/t11-,12?,13-/m1/s1. The van der Waals surface area contributed by atoms with Crippen LogP contribution >= 0.6 is 0 Å². The summed E-state index contributed by atoms with van der Waals surface area (Å²) >= 11 is 0. The average molecular weight is 264 g/mol. The van der Waals surface area contributed by atoms with Crippen LogP contribution in [0.5, 0.6) is 0 Å². The summed E-state index contributed by atoms with van der Waals surface area (Å²) in [7, 11) is 0. The van der Waals surface area contributed by atoms with Gasteiger partial charge in [-0.05, 0) is 38.0 Å². The van der Waals surface area contributed by atoms with Crippen LogP contribution in [0.15, 0.2) is 0 Å². The second-order valence-electron chi connectivity index (χ2n) is 6.33. The summed E-state index contributed by atoms with van der Waals surface area (Å²) in [5, 5.41) is 2.84. The molecular formula is C15H24N2O2. The lowest BCUT2D eigenvalue weighted by Gasteiger charge is -2.45. The Hall–Kier alpha value is -1.06. The van der Waals surface area contributed by atoms with E-state index in [2.05, 4.69) is 10.2 Å². The van der Waals surface area contributed by atoms with E-state index >= 15 is 0 Å². The third-order valence-electron chi connectivity index (χ3n) is 5.14. The van der Waals surface area contributed by atoms with Gasteiger partial charge in [0.05, 0.1) is 5.92 Å². The molecular weight excluding hydrogens is 240 g/mol. The van der Waals surface area contributed by atoms with Gasteiger partial charge in [-0.1, -0.05) is 12.8 Å². The molecule has 1 unspecified atom stereocenters. The molecule has 0 radical (unpaired) electrons. The molecule has 3 aliphatic rings. The second-order valence-corrected chi connectivity index (χ2v) is 6.33. The molecule has 3 fully saturated rings. The second kappa shape index (κ2) is 5.51. The molecule has 3 atom stereocenters. The van der Waals surface area contributed by atoms with E-state index in [1.807, 2.05) is 0 Å². The van der Waals surface area contributed by atoms with Crippen LogP contribution in [0.3, 0.4) is 0 Å². The van der Waals surface area contributed by atoms with Gasteiger partial charge in [0, 0.05) is 25.6 Å². The van der Waals surface area contributed by atoms with E-state index in [0.29, 0.717) is 24.9 Å². The van der Waals surface area contributed by atoms with Gasteiger partial charge in [0.25, 0.3) is 0 Å².